The molecule has 0 bridgehead atoms. The van der Waals surface area contributed by atoms with Crippen molar-refractivity contribution < 1.29 is 19.4 Å². The molecule has 0 aliphatic carbocycles. The highest BCUT2D eigenvalue weighted by Gasteiger charge is 2.26. The van der Waals surface area contributed by atoms with Crippen LogP contribution in [0.3, 0.4) is 0 Å². The van der Waals surface area contributed by atoms with Crippen molar-refractivity contribution in [1.29, 1.82) is 0 Å². The van der Waals surface area contributed by atoms with Crippen molar-refractivity contribution in [3.8, 4) is 0 Å². The van der Waals surface area contributed by atoms with Crippen molar-refractivity contribution in [1.82, 2.24) is 4.98 Å². The first-order valence-corrected chi connectivity index (χ1v) is 6.19. The van der Waals surface area contributed by atoms with Gasteiger partial charge in [0.25, 0.3) is 0 Å². The molecule has 2 unspecified atom stereocenters. The Balaban J connectivity index is 2.22. The number of rotatable bonds is 3. The Hall–Kier alpha value is -1.66. The van der Waals surface area contributed by atoms with Crippen LogP contribution in [0.15, 0.2) is 18.3 Å². The third kappa shape index (κ3) is 3.02. The normalized spacial score (nSPS) is 23.2. The summed E-state index contributed by atoms with van der Waals surface area (Å²) >= 11 is 0. The number of carbonyl (C=O) groups excluding carboxylic acids is 1. The monoisotopic (exact) mass is 266 g/mol. The smallest absolute Gasteiger partial charge is 0.356 e. The lowest BCUT2D eigenvalue weighted by molar-refractivity contribution is -0.0103. The van der Waals surface area contributed by atoms with Crippen molar-refractivity contribution in [2.75, 3.05) is 31.8 Å². The number of carbonyl (C=O) groups is 1. The molecular weight excluding hydrogens is 248 g/mol. The number of aromatic nitrogens is 1. The molecule has 0 radical (unpaired) electrons. The molecule has 1 fully saturated rings. The zero-order chi connectivity index (χ0) is 13.8. The highest BCUT2D eigenvalue weighted by Crippen LogP contribution is 2.22. The van der Waals surface area contributed by atoms with Gasteiger partial charge in [-0.3, -0.25) is 0 Å². The van der Waals surface area contributed by atoms with Crippen LogP contribution in [0.1, 0.15) is 17.4 Å². The Morgan fingerprint density at radius 1 is 1.68 bits per heavy atom. The molecule has 0 amide bonds. The second kappa shape index (κ2) is 5.99. The van der Waals surface area contributed by atoms with Crippen LogP contribution in [0, 0.1) is 0 Å². The zero-order valence-electron chi connectivity index (χ0n) is 11.1. The third-order valence-corrected chi connectivity index (χ3v) is 3.18. The topological polar surface area (TPSA) is 71.9 Å². The van der Waals surface area contributed by atoms with Crippen LogP contribution in [0.5, 0.6) is 0 Å². The standard InChI is InChI=1S/C13H18N2O4/c1-9-8-19-11(7-16)6-15(9)10-3-4-14-12(5-10)13(17)18-2/h3-5,9,11,16H,6-8H2,1-2H3. The Bertz CT molecular complexity index is 452. The number of aliphatic hydroxyl groups excluding tert-OH is 1. The van der Waals surface area contributed by atoms with Crippen molar-refractivity contribution in [3.05, 3.63) is 24.0 Å². The summed E-state index contributed by atoms with van der Waals surface area (Å²) < 4.78 is 10.2. The minimum atomic E-state index is -0.457. The molecule has 1 aromatic rings. The van der Waals surface area contributed by atoms with Gasteiger partial charge in [0.15, 0.2) is 0 Å². The van der Waals surface area contributed by atoms with Crippen LogP contribution in [-0.4, -0.2) is 55.1 Å². The number of hydrogen-bond donors (Lipinski definition) is 1. The van der Waals surface area contributed by atoms with Gasteiger partial charge in [-0.2, -0.15) is 0 Å². The first-order chi connectivity index (χ1) is 9.15. The van der Waals surface area contributed by atoms with E-state index in [9.17, 15) is 9.90 Å². The van der Waals surface area contributed by atoms with Crippen LogP contribution in [0.2, 0.25) is 0 Å². The summed E-state index contributed by atoms with van der Waals surface area (Å²) in [7, 11) is 1.33. The molecule has 2 atom stereocenters. The average Bonchev–Trinajstić information content (AvgIpc) is 2.47. The van der Waals surface area contributed by atoms with Gasteiger partial charge in [-0.15, -0.1) is 0 Å². The van der Waals surface area contributed by atoms with Crippen LogP contribution < -0.4 is 4.90 Å². The number of hydrogen-bond acceptors (Lipinski definition) is 6. The van der Waals surface area contributed by atoms with E-state index in [1.807, 2.05) is 13.0 Å². The minimum absolute atomic E-state index is 0.0157. The molecule has 0 aromatic carbocycles. The molecule has 104 valence electrons. The number of methoxy groups -OCH3 is 1. The fourth-order valence-corrected chi connectivity index (χ4v) is 2.10. The lowest BCUT2D eigenvalue weighted by Gasteiger charge is -2.39. The van der Waals surface area contributed by atoms with Crippen molar-refractivity contribution in [2.24, 2.45) is 0 Å². The Labute approximate surface area is 112 Å². The van der Waals surface area contributed by atoms with Gasteiger partial charge < -0.3 is 19.5 Å². The lowest BCUT2D eigenvalue weighted by Crippen LogP contribution is -2.49. The maximum absolute atomic E-state index is 11.5. The first-order valence-electron chi connectivity index (χ1n) is 6.19. The summed E-state index contributed by atoms with van der Waals surface area (Å²) in [6.07, 6.45) is 1.38. The van der Waals surface area contributed by atoms with Crippen LogP contribution >= 0.6 is 0 Å². The molecule has 1 N–H and O–H groups in total. The summed E-state index contributed by atoms with van der Waals surface area (Å²) in [5.41, 5.74) is 1.16. The molecule has 0 spiro atoms. The highest BCUT2D eigenvalue weighted by atomic mass is 16.5. The van der Waals surface area contributed by atoms with Gasteiger partial charge in [0, 0.05) is 24.5 Å². The summed E-state index contributed by atoms with van der Waals surface area (Å²) in [6.45, 7) is 3.15. The van der Waals surface area contributed by atoms with Gasteiger partial charge >= 0.3 is 5.97 Å². The lowest BCUT2D eigenvalue weighted by atomic mass is 10.1. The van der Waals surface area contributed by atoms with E-state index < -0.39 is 5.97 Å². The van der Waals surface area contributed by atoms with Crippen molar-refractivity contribution in [2.45, 2.75) is 19.1 Å². The maximum Gasteiger partial charge on any atom is 0.356 e. The van der Waals surface area contributed by atoms with E-state index in [0.717, 1.165) is 5.69 Å². The number of anilines is 1. The van der Waals surface area contributed by atoms with Gasteiger partial charge in [0.2, 0.25) is 0 Å². The van der Waals surface area contributed by atoms with Crippen molar-refractivity contribution in [3.63, 3.8) is 0 Å². The quantitative estimate of drug-likeness (QED) is 0.801. The third-order valence-electron chi connectivity index (χ3n) is 3.18. The Morgan fingerprint density at radius 3 is 3.16 bits per heavy atom. The molecule has 1 aliphatic rings. The Morgan fingerprint density at radius 2 is 2.47 bits per heavy atom. The number of aliphatic hydroxyl groups is 1. The SMILES string of the molecule is COC(=O)c1cc(N2CC(CO)OCC2C)ccn1. The largest absolute Gasteiger partial charge is 0.464 e. The molecule has 2 rings (SSSR count). The number of morpholine rings is 1. The predicted molar refractivity (Wildman–Crippen MR) is 69.2 cm³/mol. The molecule has 0 saturated carbocycles. The average molecular weight is 266 g/mol. The number of ether oxygens (including phenoxy) is 2. The summed E-state index contributed by atoms with van der Waals surface area (Å²) in [5.74, 6) is -0.457. The van der Waals surface area contributed by atoms with E-state index >= 15 is 0 Å². The molecule has 1 aliphatic heterocycles. The van der Waals surface area contributed by atoms with E-state index in [1.165, 1.54) is 7.11 Å². The van der Waals surface area contributed by atoms with Gasteiger partial charge in [-0.05, 0) is 19.1 Å². The predicted octanol–water partition coefficient (Wildman–Crippen LogP) is 0.454. The number of esters is 1. The van der Waals surface area contributed by atoms with Crippen LogP contribution in [0.25, 0.3) is 0 Å². The number of nitrogens with zero attached hydrogens (tertiary/aromatic N) is 2. The number of pyridine rings is 1. The molecule has 1 aromatic heterocycles. The van der Waals surface area contributed by atoms with Crippen molar-refractivity contribution >= 4 is 11.7 Å². The van der Waals surface area contributed by atoms with Gasteiger partial charge in [0.05, 0.1) is 26.4 Å². The second-order valence-electron chi connectivity index (χ2n) is 4.53. The molecule has 6 nitrogen and oxygen atoms in total. The Kier molecular flexibility index (Phi) is 4.34. The van der Waals surface area contributed by atoms with E-state index in [-0.39, 0.29) is 24.4 Å². The van der Waals surface area contributed by atoms with E-state index in [1.54, 1.807) is 12.3 Å². The molecular formula is C13H18N2O4. The van der Waals surface area contributed by atoms with Gasteiger partial charge in [-0.25, -0.2) is 9.78 Å². The van der Waals surface area contributed by atoms with Crippen LogP contribution in [0.4, 0.5) is 5.69 Å². The van der Waals surface area contributed by atoms with Gasteiger partial charge in [0.1, 0.15) is 5.69 Å². The van der Waals surface area contributed by atoms with E-state index in [0.29, 0.717) is 13.2 Å². The van der Waals surface area contributed by atoms with E-state index in [4.69, 9.17) is 4.74 Å². The molecule has 2 heterocycles. The summed E-state index contributed by atoms with van der Waals surface area (Å²) in [6, 6.07) is 3.71. The fraction of sp³-hybridized carbons (Fsp3) is 0.538. The fourth-order valence-electron chi connectivity index (χ4n) is 2.10. The maximum atomic E-state index is 11.5. The van der Waals surface area contributed by atoms with E-state index in [2.05, 4.69) is 14.6 Å². The zero-order valence-corrected chi connectivity index (χ0v) is 11.1. The highest BCUT2D eigenvalue weighted by molar-refractivity contribution is 5.88. The first kappa shape index (κ1) is 13.8. The molecule has 6 heteroatoms. The van der Waals surface area contributed by atoms with Crippen LogP contribution in [-0.2, 0) is 9.47 Å². The molecule has 1 saturated heterocycles. The summed E-state index contributed by atoms with van der Waals surface area (Å²) in [5, 5.41) is 9.18. The van der Waals surface area contributed by atoms with Gasteiger partial charge in [-0.1, -0.05) is 0 Å². The second-order valence-corrected chi connectivity index (χ2v) is 4.53. The summed E-state index contributed by atoms with van der Waals surface area (Å²) in [4.78, 5) is 17.6. The minimum Gasteiger partial charge on any atom is -0.464 e. The molecule has 19 heavy (non-hydrogen) atoms.